The third-order valence-electron chi connectivity index (χ3n) is 4.14. The molecule has 1 amide bonds. The summed E-state index contributed by atoms with van der Waals surface area (Å²) in [6.45, 7) is 15.4. The molecule has 0 radical (unpaired) electrons. The van der Waals surface area contributed by atoms with Crippen molar-refractivity contribution in [2.75, 3.05) is 39.8 Å². The van der Waals surface area contributed by atoms with E-state index in [0.29, 0.717) is 11.8 Å². The predicted octanol–water partition coefficient (Wildman–Crippen LogP) is 2.24. The summed E-state index contributed by atoms with van der Waals surface area (Å²) in [5, 5.41) is 0. The SMILES string of the molecule is COC(C)(C)CC(C)CN1CCN(C(=O)C(C)C)CC1. The van der Waals surface area contributed by atoms with E-state index >= 15 is 0 Å². The monoisotopic (exact) mass is 284 g/mol. The normalized spacial score (nSPS) is 19.4. The summed E-state index contributed by atoms with van der Waals surface area (Å²) in [5.41, 5.74) is -0.0468. The van der Waals surface area contributed by atoms with Crippen molar-refractivity contribution in [3.63, 3.8) is 0 Å². The molecule has 0 aliphatic carbocycles. The molecule has 20 heavy (non-hydrogen) atoms. The molecule has 1 unspecified atom stereocenters. The van der Waals surface area contributed by atoms with Crippen LogP contribution < -0.4 is 0 Å². The van der Waals surface area contributed by atoms with Gasteiger partial charge in [0.05, 0.1) is 5.60 Å². The summed E-state index contributed by atoms with van der Waals surface area (Å²) in [7, 11) is 1.78. The number of carbonyl (C=O) groups is 1. The number of amides is 1. The van der Waals surface area contributed by atoms with Crippen LogP contribution >= 0.6 is 0 Å². The molecule has 0 aromatic rings. The lowest BCUT2D eigenvalue weighted by atomic mass is 9.94. The fourth-order valence-electron chi connectivity index (χ4n) is 2.94. The van der Waals surface area contributed by atoms with Crippen LogP contribution in [-0.2, 0) is 9.53 Å². The van der Waals surface area contributed by atoms with E-state index in [9.17, 15) is 4.79 Å². The lowest BCUT2D eigenvalue weighted by Gasteiger charge is -2.37. The van der Waals surface area contributed by atoms with Gasteiger partial charge in [-0.05, 0) is 26.2 Å². The molecule has 0 aromatic carbocycles. The quantitative estimate of drug-likeness (QED) is 0.750. The Morgan fingerprint density at radius 1 is 1.15 bits per heavy atom. The summed E-state index contributed by atoms with van der Waals surface area (Å²) < 4.78 is 5.50. The molecule has 4 nitrogen and oxygen atoms in total. The lowest BCUT2D eigenvalue weighted by molar-refractivity contribution is -0.136. The molecule has 0 aromatic heterocycles. The number of carbonyl (C=O) groups excluding carboxylic acids is 1. The van der Waals surface area contributed by atoms with Crippen LogP contribution in [-0.4, -0.2) is 61.1 Å². The van der Waals surface area contributed by atoms with Crippen molar-refractivity contribution in [3.8, 4) is 0 Å². The maximum absolute atomic E-state index is 11.9. The Bertz CT molecular complexity index is 308. The first-order chi connectivity index (χ1) is 9.25. The minimum absolute atomic E-state index is 0.0468. The van der Waals surface area contributed by atoms with Crippen molar-refractivity contribution in [2.45, 2.75) is 46.6 Å². The van der Waals surface area contributed by atoms with Crippen molar-refractivity contribution in [1.29, 1.82) is 0 Å². The molecule has 0 spiro atoms. The largest absolute Gasteiger partial charge is 0.379 e. The van der Waals surface area contributed by atoms with Gasteiger partial charge in [0.2, 0.25) is 5.91 Å². The molecule has 1 aliphatic rings. The van der Waals surface area contributed by atoms with Crippen LogP contribution in [0, 0.1) is 11.8 Å². The lowest BCUT2D eigenvalue weighted by Crippen LogP contribution is -2.50. The molecule has 0 bridgehead atoms. The van der Waals surface area contributed by atoms with Gasteiger partial charge < -0.3 is 9.64 Å². The van der Waals surface area contributed by atoms with Gasteiger partial charge in [-0.1, -0.05) is 20.8 Å². The highest BCUT2D eigenvalue weighted by Gasteiger charge is 2.25. The zero-order valence-corrected chi connectivity index (χ0v) is 14.1. The van der Waals surface area contributed by atoms with Gasteiger partial charge >= 0.3 is 0 Å². The molecule has 0 saturated carbocycles. The van der Waals surface area contributed by atoms with Gasteiger partial charge in [0, 0.05) is 45.8 Å². The Kier molecular flexibility index (Phi) is 6.46. The van der Waals surface area contributed by atoms with Crippen LogP contribution in [0.3, 0.4) is 0 Å². The number of ether oxygens (including phenoxy) is 1. The molecule has 1 atom stereocenters. The Balaban J connectivity index is 2.34. The van der Waals surface area contributed by atoms with Gasteiger partial charge in [-0.25, -0.2) is 0 Å². The standard InChI is InChI=1S/C16H32N2O2/c1-13(2)15(19)18-9-7-17(8-10-18)12-14(3)11-16(4,5)20-6/h13-14H,7-12H2,1-6H3. The number of hydrogen-bond donors (Lipinski definition) is 0. The second kappa shape index (κ2) is 7.41. The summed E-state index contributed by atoms with van der Waals surface area (Å²) in [5.74, 6) is 1.01. The van der Waals surface area contributed by atoms with E-state index in [-0.39, 0.29) is 11.5 Å². The molecule has 4 heteroatoms. The highest BCUT2D eigenvalue weighted by atomic mass is 16.5. The number of nitrogens with zero attached hydrogens (tertiary/aromatic N) is 2. The topological polar surface area (TPSA) is 32.8 Å². The third-order valence-corrected chi connectivity index (χ3v) is 4.14. The van der Waals surface area contributed by atoms with E-state index < -0.39 is 0 Å². The van der Waals surface area contributed by atoms with Gasteiger partial charge in [0.1, 0.15) is 0 Å². The minimum atomic E-state index is -0.0468. The van der Waals surface area contributed by atoms with Crippen LogP contribution in [0.15, 0.2) is 0 Å². The molecule has 1 rings (SSSR count). The zero-order valence-electron chi connectivity index (χ0n) is 14.1. The number of rotatable bonds is 6. The molecule has 1 aliphatic heterocycles. The molecule has 0 N–H and O–H groups in total. The van der Waals surface area contributed by atoms with Gasteiger partial charge in [0.15, 0.2) is 0 Å². The van der Waals surface area contributed by atoms with E-state index in [4.69, 9.17) is 4.74 Å². The first-order valence-corrected chi connectivity index (χ1v) is 7.81. The van der Waals surface area contributed by atoms with Crippen molar-refractivity contribution in [2.24, 2.45) is 11.8 Å². The first-order valence-electron chi connectivity index (χ1n) is 7.81. The fourth-order valence-corrected chi connectivity index (χ4v) is 2.94. The Morgan fingerprint density at radius 3 is 2.15 bits per heavy atom. The smallest absolute Gasteiger partial charge is 0.225 e. The van der Waals surface area contributed by atoms with Crippen molar-refractivity contribution < 1.29 is 9.53 Å². The molecular formula is C16H32N2O2. The Labute approximate surface area is 124 Å². The van der Waals surface area contributed by atoms with Gasteiger partial charge in [-0.3, -0.25) is 9.69 Å². The fraction of sp³-hybridized carbons (Fsp3) is 0.938. The van der Waals surface area contributed by atoms with E-state index in [1.54, 1.807) is 7.11 Å². The summed E-state index contributed by atoms with van der Waals surface area (Å²) >= 11 is 0. The average molecular weight is 284 g/mol. The predicted molar refractivity (Wildman–Crippen MR) is 82.7 cm³/mol. The van der Waals surface area contributed by atoms with Crippen LogP contribution in [0.25, 0.3) is 0 Å². The number of piperazine rings is 1. The summed E-state index contributed by atoms with van der Waals surface area (Å²) in [6, 6.07) is 0. The summed E-state index contributed by atoms with van der Waals surface area (Å²) in [6.07, 6.45) is 1.06. The van der Waals surface area contributed by atoms with Gasteiger partial charge in [-0.2, -0.15) is 0 Å². The average Bonchev–Trinajstić information content (AvgIpc) is 2.38. The number of methoxy groups -OCH3 is 1. The van der Waals surface area contributed by atoms with Crippen LogP contribution in [0.1, 0.15) is 41.0 Å². The molecule has 1 fully saturated rings. The van der Waals surface area contributed by atoms with E-state index in [0.717, 1.165) is 39.1 Å². The molecule has 1 heterocycles. The van der Waals surface area contributed by atoms with E-state index in [1.807, 2.05) is 18.7 Å². The van der Waals surface area contributed by atoms with Gasteiger partial charge in [-0.15, -0.1) is 0 Å². The molecule has 118 valence electrons. The maximum atomic E-state index is 11.9. The molecular weight excluding hydrogens is 252 g/mol. The van der Waals surface area contributed by atoms with Crippen LogP contribution in [0.5, 0.6) is 0 Å². The highest BCUT2D eigenvalue weighted by molar-refractivity contribution is 5.78. The Hall–Kier alpha value is -0.610. The Morgan fingerprint density at radius 2 is 1.70 bits per heavy atom. The van der Waals surface area contributed by atoms with Crippen molar-refractivity contribution in [1.82, 2.24) is 9.80 Å². The van der Waals surface area contributed by atoms with E-state index in [1.165, 1.54) is 0 Å². The summed E-state index contributed by atoms with van der Waals surface area (Å²) in [4.78, 5) is 16.4. The zero-order chi connectivity index (χ0) is 15.3. The van der Waals surface area contributed by atoms with Crippen molar-refractivity contribution >= 4 is 5.91 Å². The van der Waals surface area contributed by atoms with Crippen LogP contribution in [0.2, 0.25) is 0 Å². The van der Waals surface area contributed by atoms with Crippen LogP contribution in [0.4, 0.5) is 0 Å². The number of hydrogen-bond acceptors (Lipinski definition) is 3. The highest BCUT2D eigenvalue weighted by Crippen LogP contribution is 2.20. The maximum Gasteiger partial charge on any atom is 0.225 e. The minimum Gasteiger partial charge on any atom is -0.379 e. The van der Waals surface area contributed by atoms with Gasteiger partial charge in [0.25, 0.3) is 0 Å². The second-order valence-corrected chi connectivity index (χ2v) is 7.05. The second-order valence-electron chi connectivity index (χ2n) is 7.05. The van der Waals surface area contributed by atoms with Crippen molar-refractivity contribution in [3.05, 3.63) is 0 Å². The van der Waals surface area contributed by atoms with E-state index in [2.05, 4.69) is 25.7 Å². The molecule has 1 saturated heterocycles. The third kappa shape index (κ3) is 5.41. The first kappa shape index (κ1) is 17.4.